The number of fused-ring (bicyclic) bond motifs is 1. The van der Waals surface area contributed by atoms with E-state index in [0.717, 1.165) is 0 Å². The van der Waals surface area contributed by atoms with E-state index < -0.39 is 11.7 Å². The van der Waals surface area contributed by atoms with Crippen LogP contribution in [0, 0.1) is 5.82 Å². The fraction of sp³-hybridized carbons (Fsp3) is 0.0952. The molecule has 2 aromatic heterocycles. The Morgan fingerprint density at radius 2 is 1.93 bits per heavy atom. The molecule has 0 aliphatic heterocycles. The zero-order valence-corrected chi connectivity index (χ0v) is 15.7. The van der Waals surface area contributed by atoms with Gasteiger partial charge >= 0.3 is 0 Å². The second-order valence-electron chi connectivity index (χ2n) is 6.29. The number of imidazole rings is 1. The van der Waals surface area contributed by atoms with Crippen molar-refractivity contribution in [1.82, 2.24) is 14.4 Å². The SMILES string of the molecule is COc1cccc(O)c1-c1nc2ncccn2c1C(=O)N(C)c1ccc(F)cc1. The van der Waals surface area contributed by atoms with E-state index in [4.69, 9.17) is 4.74 Å². The number of carbonyl (C=O) groups excluding carboxylic acids is 1. The summed E-state index contributed by atoms with van der Waals surface area (Å²) in [5.41, 5.74) is 1.22. The van der Waals surface area contributed by atoms with E-state index >= 15 is 0 Å². The summed E-state index contributed by atoms with van der Waals surface area (Å²) in [4.78, 5) is 23.5. The van der Waals surface area contributed by atoms with Gasteiger partial charge in [0, 0.05) is 25.1 Å². The number of carbonyl (C=O) groups is 1. The third-order valence-electron chi connectivity index (χ3n) is 4.59. The number of amides is 1. The molecule has 0 spiro atoms. The van der Waals surface area contributed by atoms with Gasteiger partial charge in [-0.25, -0.2) is 14.4 Å². The third kappa shape index (κ3) is 3.14. The number of phenols is 1. The summed E-state index contributed by atoms with van der Waals surface area (Å²) in [6.45, 7) is 0. The minimum Gasteiger partial charge on any atom is -0.507 e. The predicted molar refractivity (Wildman–Crippen MR) is 106 cm³/mol. The fourth-order valence-corrected chi connectivity index (χ4v) is 3.13. The molecule has 0 radical (unpaired) electrons. The number of hydrogen-bond acceptors (Lipinski definition) is 5. The van der Waals surface area contributed by atoms with Gasteiger partial charge in [0.25, 0.3) is 5.91 Å². The molecule has 0 aliphatic rings. The van der Waals surface area contributed by atoms with E-state index in [1.165, 1.54) is 42.3 Å². The van der Waals surface area contributed by atoms with E-state index in [-0.39, 0.29) is 22.7 Å². The predicted octanol–water partition coefficient (Wildman–Crippen LogP) is 3.53. The molecule has 7 nitrogen and oxygen atoms in total. The summed E-state index contributed by atoms with van der Waals surface area (Å²) in [6.07, 6.45) is 3.23. The number of halogens is 1. The minimum absolute atomic E-state index is 0.0776. The van der Waals surface area contributed by atoms with Crippen molar-refractivity contribution in [1.29, 1.82) is 0 Å². The van der Waals surface area contributed by atoms with Crippen molar-refractivity contribution in [2.45, 2.75) is 0 Å². The minimum atomic E-state index is -0.405. The van der Waals surface area contributed by atoms with Crippen LogP contribution in [-0.2, 0) is 0 Å². The Bertz CT molecular complexity index is 1200. The van der Waals surface area contributed by atoms with Crippen LogP contribution in [0.1, 0.15) is 10.5 Å². The molecule has 146 valence electrons. The first-order chi connectivity index (χ1) is 14.0. The second-order valence-corrected chi connectivity index (χ2v) is 6.29. The molecule has 2 heterocycles. The first-order valence-electron chi connectivity index (χ1n) is 8.74. The zero-order valence-electron chi connectivity index (χ0n) is 15.7. The molecule has 8 heteroatoms. The number of ether oxygens (including phenoxy) is 1. The maximum absolute atomic E-state index is 13.4. The van der Waals surface area contributed by atoms with Gasteiger partial charge in [0.05, 0.1) is 12.7 Å². The monoisotopic (exact) mass is 392 g/mol. The number of aromatic hydroxyl groups is 1. The number of rotatable bonds is 4. The lowest BCUT2D eigenvalue weighted by atomic mass is 10.1. The molecule has 0 aliphatic carbocycles. The van der Waals surface area contributed by atoms with Crippen LogP contribution >= 0.6 is 0 Å². The number of nitrogens with zero attached hydrogens (tertiary/aromatic N) is 4. The van der Waals surface area contributed by atoms with Crippen LogP contribution in [0.2, 0.25) is 0 Å². The van der Waals surface area contributed by atoms with Gasteiger partial charge in [-0.1, -0.05) is 6.07 Å². The molecule has 1 N–H and O–H groups in total. The highest BCUT2D eigenvalue weighted by molar-refractivity contribution is 6.09. The van der Waals surface area contributed by atoms with Gasteiger partial charge < -0.3 is 14.7 Å². The third-order valence-corrected chi connectivity index (χ3v) is 4.59. The Balaban J connectivity index is 1.94. The lowest BCUT2D eigenvalue weighted by molar-refractivity contribution is 0.0988. The van der Waals surface area contributed by atoms with Crippen LogP contribution < -0.4 is 9.64 Å². The summed E-state index contributed by atoms with van der Waals surface area (Å²) < 4.78 is 20.2. The van der Waals surface area contributed by atoms with E-state index in [0.29, 0.717) is 17.2 Å². The van der Waals surface area contributed by atoms with Gasteiger partial charge in [-0.15, -0.1) is 0 Å². The summed E-state index contributed by atoms with van der Waals surface area (Å²) in [6, 6.07) is 12.1. The van der Waals surface area contributed by atoms with Crippen molar-refractivity contribution in [3.8, 4) is 22.8 Å². The molecule has 0 saturated heterocycles. The molecular weight excluding hydrogens is 375 g/mol. The van der Waals surface area contributed by atoms with Crippen LogP contribution in [0.15, 0.2) is 60.9 Å². The van der Waals surface area contributed by atoms with Crippen molar-refractivity contribution < 1.29 is 19.0 Å². The van der Waals surface area contributed by atoms with Gasteiger partial charge in [-0.2, -0.15) is 0 Å². The Morgan fingerprint density at radius 1 is 1.17 bits per heavy atom. The Morgan fingerprint density at radius 3 is 2.66 bits per heavy atom. The van der Waals surface area contributed by atoms with E-state index in [1.807, 2.05) is 0 Å². The molecule has 4 aromatic rings. The first-order valence-corrected chi connectivity index (χ1v) is 8.74. The first kappa shape index (κ1) is 18.4. The van der Waals surface area contributed by atoms with Crippen molar-refractivity contribution in [3.63, 3.8) is 0 Å². The lowest BCUT2D eigenvalue weighted by Crippen LogP contribution is -2.28. The number of hydrogen-bond donors (Lipinski definition) is 1. The van der Waals surface area contributed by atoms with Gasteiger partial charge in [0.2, 0.25) is 5.78 Å². The molecule has 0 atom stereocenters. The number of phenolic OH excluding ortho intramolecular Hbond substituents is 1. The number of benzene rings is 2. The average molecular weight is 392 g/mol. The average Bonchev–Trinajstić information content (AvgIpc) is 3.12. The molecule has 0 bridgehead atoms. The van der Waals surface area contributed by atoms with Crippen molar-refractivity contribution in [3.05, 3.63) is 72.4 Å². The fourth-order valence-electron chi connectivity index (χ4n) is 3.13. The quantitative estimate of drug-likeness (QED) is 0.575. The lowest BCUT2D eigenvalue weighted by Gasteiger charge is -2.18. The van der Waals surface area contributed by atoms with Crippen LogP contribution in [0.25, 0.3) is 17.0 Å². The van der Waals surface area contributed by atoms with E-state index in [2.05, 4.69) is 9.97 Å². The molecule has 4 rings (SSSR count). The van der Waals surface area contributed by atoms with Crippen LogP contribution in [0.3, 0.4) is 0 Å². The Hall–Kier alpha value is -3.94. The molecular formula is C21H17FN4O3. The Labute approximate surface area is 165 Å². The zero-order chi connectivity index (χ0) is 20.5. The summed E-state index contributed by atoms with van der Waals surface area (Å²) >= 11 is 0. The Kier molecular flexibility index (Phi) is 4.59. The van der Waals surface area contributed by atoms with Gasteiger partial charge in [-0.3, -0.25) is 9.20 Å². The van der Waals surface area contributed by atoms with Gasteiger partial charge in [-0.05, 0) is 42.5 Å². The summed E-state index contributed by atoms with van der Waals surface area (Å²) in [7, 11) is 3.05. The van der Waals surface area contributed by atoms with Crippen LogP contribution in [0.5, 0.6) is 11.5 Å². The number of anilines is 1. The maximum Gasteiger partial charge on any atom is 0.277 e. The standard InChI is InChI=1S/C21H17FN4O3/c1-25(14-9-7-13(22)8-10-14)20(28)19-18(24-21-23-11-4-12-26(19)21)17-15(27)5-3-6-16(17)29-2/h3-12,27H,1-2H3. The van der Waals surface area contributed by atoms with E-state index in [9.17, 15) is 14.3 Å². The highest BCUT2D eigenvalue weighted by atomic mass is 19.1. The number of aromatic nitrogens is 3. The van der Waals surface area contributed by atoms with E-state index in [1.54, 1.807) is 42.0 Å². The largest absolute Gasteiger partial charge is 0.507 e. The smallest absolute Gasteiger partial charge is 0.277 e. The van der Waals surface area contributed by atoms with Crippen LogP contribution in [0.4, 0.5) is 10.1 Å². The molecule has 0 fully saturated rings. The van der Waals surface area contributed by atoms with Crippen molar-refractivity contribution >= 4 is 17.4 Å². The molecule has 2 aromatic carbocycles. The second kappa shape index (κ2) is 7.23. The van der Waals surface area contributed by atoms with Crippen molar-refractivity contribution in [2.24, 2.45) is 0 Å². The van der Waals surface area contributed by atoms with Gasteiger partial charge in [0.1, 0.15) is 28.7 Å². The highest BCUT2D eigenvalue weighted by Crippen LogP contribution is 2.39. The van der Waals surface area contributed by atoms with Crippen LogP contribution in [-0.4, -0.2) is 39.5 Å². The number of methoxy groups -OCH3 is 1. The topological polar surface area (TPSA) is 80.0 Å². The maximum atomic E-state index is 13.4. The summed E-state index contributed by atoms with van der Waals surface area (Å²) in [5.74, 6) is -0.215. The molecule has 0 unspecified atom stereocenters. The molecule has 0 saturated carbocycles. The van der Waals surface area contributed by atoms with Crippen molar-refractivity contribution in [2.75, 3.05) is 19.1 Å². The normalized spacial score (nSPS) is 10.9. The molecule has 1 amide bonds. The summed E-state index contributed by atoms with van der Waals surface area (Å²) in [5, 5.41) is 10.5. The highest BCUT2D eigenvalue weighted by Gasteiger charge is 2.28. The molecule has 29 heavy (non-hydrogen) atoms. The van der Waals surface area contributed by atoms with Gasteiger partial charge in [0.15, 0.2) is 0 Å².